The van der Waals surface area contributed by atoms with Crippen molar-refractivity contribution in [2.75, 3.05) is 5.32 Å². The molecular weight excluding hydrogens is 381 g/mol. The molecule has 0 spiro atoms. The van der Waals surface area contributed by atoms with Crippen LogP contribution < -0.4 is 5.32 Å². The van der Waals surface area contributed by atoms with E-state index in [4.69, 9.17) is 23.2 Å². The maximum atomic E-state index is 12.9. The van der Waals surface area contributed by atoms with Crippen molar-refractivity contribution in [3.8, 4) is 0 Å². The molecule has 0 bridgehead atoms. The topological polar surface area (TPSA) is 46.9 Å². The summed E-state index contributed by atoms with van der Waals surface area (Å²) < 4.78 is 1.74. The van der Waals surface area contributed by atoms with Gasteiger partial charge in [0.25, 0.3) is 5.91 Å². The number of halogens is 2. The number of aromatic nitrogens is 2. The summed E-state index contributed by atoms with van der Waals surface area (Å²) in [6.45, 7) is 6.73. The molecule has 1 heterocycles. The van der Waals surface area contributed by atoms with Gasteiger partial charge in [0, 0.05) is 11.1 Å². The lowest BCUT2D eigenvalue weighted by atomic mass is 9.92. The molecule has 6 heteroatoms. The van der Waals surface area contributed by atoms with Crippen LogP contribution in [-0.2, 0) is 12.0 Å². The Bertz CT molecular complexity index is 959. The number of rotatable bonds is 4. The summed E-state index contributed by atoms with van der Waals surface area (Å²) in [5.74, 6) is -0.243. The molecular formula is C21H21Cl2N3O. The Morgan fingerprint density at radius 3 is 2.37 bits per heavy atom. The highest BCUT2D eigenvalue weighted by atomic mass is 35.5. The van der Waals surface area contributed by atoms with Crippen molar-refractivity contribution in [2.45, 2.75) is 32.7 Å². The van der Waals surface area contributed by atoms with E-state index in [1.165, 1.54) is 0 Å². The molecule has 2 aromatic carbocycles. The highest BCUT2D eigenvalue weighted by Crippen LogP contribution is 2.26. The number of nitrogens with one attached hydrogen (secondary N) is 1. The molecule has 27 heavy (non-hydrogen) atoms. The zero-order valence-corrected chi connectivity index (χ0v) is 17.0. The fourth-order valence-electron chi connectivity index (χ4n) is 2.61. The van der Waals surface area contributed by atoms with Crippen molar-refractivity contribution in [1.82, 2.24) is 9.78 Å². The molecule has 0 saturated carbocycles. The van der Waals surface area contributed by atoms with E-state index in [1.807, 2.05) is 36.4 Å². The summed E-state index contributed by atoms with van der Waals surface area (Å²) in [6.07, 6.45) is 0. The van der Waals surface area contributed by atoms with Gasteiger partial charge >= 0.3 is 0 Å². The fraction of sp³-hybridized carbons (Fsp3) is 0.238. The van der Waals surface area contributed by atoms with Crippen molar-refractivity contribution < 1.29 is 4.79 Å². The van der Waals surface area contributed by atoms with Gasteiger partial charge in [-0.05, 0) is 29.8 Å². The summed E-state index contributed by atoms with van der Waals surface area (Å²) >= 11 is 12.0. The molecule has 3 aromatic rings. The van der Waals surface area contributed by atoms with Gasteiger partial charge in [-0.1, -0.05) is 74.3 Å². The Morgan fingerprint density at radius 1 is 1.04 bits per heavy atom. The van der Waals surface area contributed by atoms with Gasteiger partial charge < -0.3 is 5.32 Å². The van der Waals surface area contributed by atoms with E-state index in [1.54, 1.807) is 22.9 Å². The number of carbonyl (C=O) groups excluding carboxylic acids is 1. The molecule has 4 nitrogen and oxygen atoms in total. The minimum Gasteiger partial charge on any atom is -0.321 e. The molecule has 0 aliphatic carbocycles. The predicted octanol–water partition coefficient (Wildman–Crippen LogP) is 5.79. The van der Waals surface area contributed by atoms with E-state index in [-0.39, 0.29) is 11.3 Å². The van der Waals surface area contributed by atoms with Crippen LogP contribution in [0.3, 0.4) is 0 Å². The number of hydrogen-bond acceptors (Lipinski definition) is 2. The third kappa shape index (κ3) is 4.71. The van der Waals surface area contributed by atoms with E-state index < -0.39 is 0 Å². The zero-order chi connectivity index (χ0) is 19.6. The summed E-state index contributed by atoms with van der Waals surface area (Å²) in [5, 5.41) is 8.39. The largest absolute Gasteiger partial charge is 0.321 e. The van der Waals surface area contributed by atoms with Gasteiger partial charge in [-0.3, -0.25) is 9.48 Å². The first-order chi connectivity index (χ1) is 12.7. The number of amides is 1. The molecule has 0 aliphatic rings. The van der Waals surface area contributed by atoms with Crippen LogP contribution in [0.4, 0.5) is 5.69 Å². The maximum Gasteiger partial charge on any atom is 0.273 e. The Morgan fingerprint density at radius 2 is 1.74 bits per heavy atom. The normalized spacial score (nSPS) is 11.4. The summed E-state index contributed by atoms with van der Waals surface area (Å²) in [7, 11) is 0. The molecule has 1 amide bonds. The molecule has 0 unspecified atom stereocenters. The Balaban J connectivity index is 1.93. The molecule has 3 rings (SSSR count). The number of hydrogen-bond donors (Lipinski definition) is 1. The molecule has 1 N–H and O–H groups in total. The van der Waals surface area contributed by atoms with E-state index in [0.717, 1.165) is 11.3 Å². The van der Waals surface area contributed by atoms with Crippen molar-refractivity contribution in [2.24, 2.45) is 0 Å². The molecule has 0 aliphatic heterocycles. The molecule has 0 radical (unpaired) electrons. The van der Waals surface area contributed by atoms with Crippen LogP contribution in [0.2, 0.25) is 10.0 Å². The van der Waals surface area contributed by atoms with Gasteiger partial charge in [-0.15, -0.1) is 0 Å². The molecule has 0 saturated heterocycles. The van der Waals surface area contributed by atoms with E-state index >= 15 is 0 Å². The van der Waals surface area contributed by atoms with Gasteiger partial charge in [0.05, 0.1) is 22.3 Å². The smallest absolute Gasteiger partial charge is 0.273 e. The number of nitrogens with zero attached hydrogens (tertiary/aromatic N) is 2. The predicted molar refractivity (Wildman–Crippen MR) is 111 cm³/mol. The Hall–Kier alpha value is -2.30. The Kier molecular flexibility index (Phi) is 5.59. The van der Waals surface area contributed by atoms with E-state index in [9.17, 15) is 4.79 Å². The Labute approximate surface area is 169 Å². The maximum absolute atomic E-state index is 12.9. The fourth-order valence-corrected chi connectivity index (χ4v) is 2.91. The monoisotopic (exact) mass is 401 g/mol. The summed E-state index contributed by atoms with van der Waals surface area (Å²) in [4.78, 5) is 12.9. The van der Waals surface area contributed by atoms with Crippen LogP contribution in [-0.4, -0.2) is 15.7 Å². The minimum absolute atomic E-state index is 0.166. The van der Waals surface area contributed by atoms with E-state index in [0.29, 0.717) is 28.0 Å². The molecule has 0 fully saturated rings. The van der Waals surface area contributed by atoms with Crippen LogP contribution >= 0.6 is 23.2 Å². The number of benzene rings is 2. The summed E-state index contributed by atoms with van der Waals surface area (Å²) in [6, 6.07) is 16.8. The number of anilines is 1. The van der Waals surface area contributed by atoms with Crippen molar-refractivity contribution in [1.29, 1.82) is 0 Å². The lowest BCUT2D eigenvalue weighted by Gasteiger charge is -2.14. The van der Waals surface area contributed by atoms with Gasteiger partial charge in [-0.25, -0.2) is 0 Å². The van der Waals surface area contributed by atoms with Gasteiger partial charge in [-0.2, -0.15) is 5.10 Å². The molecule has 140 valence electrons. The van der Waals surface area contributed by atoms with Gasteiger partial charge in [0.2, 0.25) is 0 Å². The quantitative estimate of drug-likeness (QED) is 0.601. The van der Waals surface area contributed by atoms with Crippen LogP contribution in [0.25, 0.3) is 0 Å². The standard InChI is InChI=1S/C21H21Cl2N3O/c1-21(2,3)19-12-18(26(25-19)13-14-7-5-4-6-8-14)20(27)24-15-9-10-16(22)17(23)11-15/h4-12H,13H2,1-3H3,(H,24,27). The second kappa shape index (κ2) is 7.75. The lowest BCUT2D eigenvalue weighted by Crippen LogP contribution is -2.18. The minimum atomic E-state index is -0.243. The van der Waals surface area contributed by atoms with Gasteiger partial charge in [0.1, 0.15) is 5.69 Å². The average molecular weight is 402 g/mol. The van der Waals surface area contributed by atoms with Crippen molar-refractivity contribution >= 4 is 34.8 Å². The second-order valence-electron chi connectivity index (χ2n) is 7.39. The van der Waals surface area contributed by atoms with Crippen molar-refractivity contribution in [3.05, 3.63) is 81.6 Å². The van der Waals surface area contributed by atoms with Crippen molar-refractivity contribution in [3.63, 3.8) is 0 Å². The molecule has 0 atom stereocenters. The third-order valence-corrected chi connectivity index (χ3v) is 4.87. The first kappa shape index (κ1) is 19.5. The second-order valence-corrected chi connectivity index (χ2v) is 8.21. The van der Waals surface area contributed by atoms with Crippen LogP contribution in [0, 0.1) is 0 Å². The number of carbonyl (C=O) groups is 1. The SMILES string of the molecule is CC(C)(C)c1cc(C(=O)Nc2ccc(Cl)c(Cl)c2)n(Cc2ccccc2)n1. The van der Waals surface area contributed by atoms with Gasteiger partial charge in [0.15, 0.2) is 0 Å². The zero-order valence-electron chi connectivity index (χ0n) is 15.5. The van der Waals surface area contributed by atoms with Crippen LogP contribution in [0.1, 0.15) is 42.5 Å². The lowest BCUT2D eigenvalue weighted by molar-refractivity contribution is 0.101. The summed E-state index contributed by atoms with van der Waals surface area (Å²) in [5.41, 5.74) is 2.84. The first-order valence-electron chi connectivity index (χ1n) is 8.63. The highest BCUT2D eigenvalue weighted by Gasteiger charge is 2.23. The average Bonchev–Trinajstić information content (AvgIpc) is 3.03. The molecule has 1 aromatic heterocycles. The van der Waals surface area contributed by atoms with E-state index in [2.05, 4.69) is 31.2 Å². The highest BCUT2D eigenvalue weighted by molar-refractivity contribution is 6.42. The van der Waals surface area contributed by atoms with Crippen LogP contribution in [0.15, 0.2) is 54.6 Å². The van der Waals surface area contributed by atoms with Crippen LogP contribution in [0.5, 0.6) is 0 Å². The first-order valence-corrected chi connectivity index (χ1v) is 9.38. The third-order valence-electron chi connectivity index (χ3n) is 4.13.